The number of nitro benzene ring substituents is 1. The SMILES string of the molecule is C[C@@H](O)[C@H]1C(=O)N2C(C(=O)OCc3ccc([N+](=O)[O-])cc3)=C([C@@H]3CC(C(N)=O)=NO3)C[C@H]12. The number of amides is 2. The molecule has 0 radical (unpaired) electrons. The van der Waals surface area contributed by atoms with Gasteiger partial charge in [0.1, 0.15) is 18.0 Å². The second-order valence-corrected chi connectivity index (χ2v) is 7.82. The zero-order chi connectivity index (χ0) is 23.2. The fraction of sp³-hybridized carbons (Fsp3) is 0.400. The van der Waals surface area contributed by atoms with Crippen LogP contribution in [0.4, 0.5) is 5.69 Å². The Morgan fingerprint density at radius 3 is 2.62 bits per heavy atom. The van der Waals surface area contributed by atoms with Crippen LogP contribution in [0.25, 0.3) is 0 Å². The van der Waals surface area contributed by atoms with Crippen molar-refractivity contribution in [2.45, 2.75) is 44.6 Å². The molecule has 3 heterocycles. The molecule has 0 aliphatic carbocycles. The maximum atomic E-state index is 13.0. The summed E-state index contributed by atoms with van der Waals surface area (Å²) in [7, 11) is 0. The molecule has 12 nitrogen and oxygen atoms in total. The zero-order valence-electron chi connectivity index (χ0n) is 17.0. The lowest BCUT2D eigenvalue weighted by atomic mass is 9.82. The van der Waals surface area contributed by atoms with Gasteiger partial charge in [-0.3, -0.25) is 19.7 Å². The van der Waals surface area contributed by atoms with Gasteiger partial charge in [0.2, 0.25) is 5.91 Å². The van der Waals surface area contributed by atoms with Crippen LogP contribution in [0.1, 0.15) is 25.3 Å². The van der Waals surface area contributed by atoms with Gasteiger partial charge in [0.15, 0.2) is 6.10 Å². The van der Waals surface area contributed by atoms with Crippen molar-refractivity contribution >= 4 is 29.2 Å². The molecule has 1 aromatic rings. The van der Waals surface area contributed by atoms with Crippen LogP contribution in [-0.4, -0.2) is 56.7 Å². The van der Waals surface area contributed by atoms with Crippen LogP contribution in [-0.2, 0) is 30.6 Å². The Hall–Kier alpha value is -3.80. The summed E-state index contributed by atoms with van der Waals surface area (Å²) >= 11 is 0. The summed E-state index contributed by atoms with van der Waals surface area (Å²) in [5.41, 5.74) is 6.15. The molecular formula is C20H20N4O8. The number of aliphatic hydroxyl groups is 1. The Balaban J connectivity index is 1.54. The first kappa shape index (κ1) is 21.4. The molecule has 0 spiro atoms. The minimum atomic E-state index is -0.901. The molecule has 0 unspecified atom stereocenters. The Kier molecular flexibility index (Phi) is 5.38. The molecule has 12 heteroatoms. The number of β-lactam (4-membered cyclic amide) rings is 1. The summed E-state index contributed by atoms with van der Waals surface area (Å²) < 4.78 is 5.37. The minimum absolute atomic E-state index is 0.00438. The van der Waals surface area contributed by atoms with Crippen molar-refractivity contribution in [1.82, 2.24) is 4.90 Å². The van der Waals surface area contributed by atoms with Crippen molar-refractivity contribution < 1.29 is 34.0 Å². The molecule has 0 bridgehead atoms. The molecule has 3 aliphatic heterocycles. The number of nitrogens with zero attached hydrogens (tertiary/aromatic N) is 3. The van der Waals surface area contributed by atoms with E-state index < -0.39 is 46.9 Å². The van der Waals surface area contributed by atoms with Crippen molar-refractivity contribution in [2.24, 2.45) is 16.8 Å². The summed E-state index contributed by atoms with van der Waals surface area (Å²) in [5.74, 6) is -2.59. The fourth-order valence-electron chi connectivity index (χ4n) is 4.22. The van der Waals surface area contributed by atoms with Gasteiger partial charge in [0.05, 0.1) is 23.0 Å². The molecular weight excluding hydrogens is 424 g/mol. The highest BCUT2D eigenvalue weighted by atomic mass is 16.6. The number of primary amides is 1. The smallest absolute Gasteiger partial charge is 0.355 e. The molecule has 3 aliphatic rings. The number of esters is 1. The Bertz CT molecular complexity index is 1060. The second kappa shape index (κ2) is 8.04. The summed E-state index contributed by atoms with van der Waals surface area (Å²) in [6.07, 6.45) is -1.34. The van der Waals surface area contributed by atoms with Gasteiger partial charge in [-0.25, -0.2) is 4.79 Å². The van der Waals surface area contributed by atoms with Gasteiger partial charge in [-0.1, -0.05) is 5.16 Å². The maximum absolute atomic E-state index is 13.0. The van der Waals surface area contributed by atoms with Crippen molar-refractivity contribution in [3.8, 4) is 0 Å². The highest BCUT2D eigenvalue weighted by Gasteiger charge is 2.58. The number of hydrogen-bond acceptors (Lipinski definition) is 9. The van der Waals surface area contributed by atoms with Crippen LogP contribution in [0.3, 0.4) is 0 Å². The largest absolute Gasteiger partial charge is 0.456 e. The molecule has 2 amide bonds. The van der Waals surface area contributed by atoms with Gasteiger partial charge in [-0.15, -0.1) is 0 Å². The van der Waals surface area contributed by atoms with E-state index in [4.69, 9.17) is 15.3 Å². The summed E-state index contributed by atoms with van der Waals surface area (Å²) in [6, 6.07) is 5.08. The van der Waals surface area contributed by atoms with Gasteiger partial charge in [-0.05, 0) is 31.0 Å². The van der Waals surface area contributed by atoms with Crippen molar-refractivity contribution in [2.75, 3.05) is 0 Å². The Morgan fingerprint density at radius 1 is 1.38 bits per heavy atom. The van der Waals surface area contributed by atoms with Gasteiger partial charge in [-0.2, -0.15) is 0 Å². The van der Waals surface area contributed by atoms with E-state index in [0.717, 1.165) is 0 Å². The predicted octanol–water partition coefficient (Wildman–Crippen LogP) is 0.134. The number of benzene rings is 1. The van der Waals surface area contributed by atoms with Crippen LogP contribution in [0.2, 0.25) is 0 Å². The third-order valence-electron chi connectivity index (χ3n) is 5.82. The van der Waals surface area contributed by atoms with E-state index >= 15 is 0 Å². The van der Waals surface area contributed by atoms with E-state index in [-0.39, 0.29) is 36.5 Å². The normalized spacial score (nSPS) is 24.9. The van der Waals surface area contributed by atoms with Crippen molar-refractivity contribution in [3.05, 3.63) is 51.2 Å². The highest BCUT2D eigenvalue weighted by Crippen LogP contribution is 2.46. The molecule has 1 aromatic carbocycles. The number of aliphatic hydroxyl groups excluding tert-OH is 1. The number of hydrogen-bond donors (Lipinski definition) is 2. The minimum Gasteiger partial charge on any atom is -0.456 e. The lowest BCUT2D eigenvalue weighted by Gasteiger charge is -2.44. The maximum Gasteiger partial charge on any atom is 0.355 e. The number of nitro groups is 1. The number of fused-ring (bicyclic) bond motifs is 1. The van der Waals surface area contributed by atoms with Crippen LogP contribution in [0.5, 0.6) is 0 Å². The van der Waals surface area contributed by atoms with Crippen molar-refractivity contribution in [3.63, 3.8) is 0 Å². The molecule has 0 aromatic heterocycles. The van der Waals surface area contributed by atoms with Gasteiger partial charge < -0.3 is 25.3 Å². The lowest BCUT2D eigenvalue weighted by Crippen LogP contribution is -2.61. The van der Waals surface area contributed by atoms with E-state index in [2.05, 4.69) is 5.16 Å². The number of nitrogens with two attached hydrogens (primary N) is 1. The zero-order valence-corrected chi connectivity index (χ0v) is 17.0. The average molecular weight is 444 g/mol. The topological polar surface area (TPSA) is 175 Å². The molecule has 3 N–H and O–H groups in total. The first-order chi connectivity index (χ1) is 15.2. The molecule has 4 rings (SSSR count). The number of non-ortho nitro benzene ring substituents is 1. The first-order valence-electron chi connectivity index (χ1n) is 9.86. The number of rotatable bonds is 7. The van der Waals surface area contributed by atoms with Gasteiger partial charge >= 0.3 is 5.97 Å². The molecule has 0 saturated carbocycles. The van der Waals surface area contributed by atoms with Crippen LogP contribution in [0, 0.1) is 16.0 Å². The van der Waals surface area contributed by atoms with E-state index in [1.54, 1.807) is 0 Å². The van der Waals surface area contributed by atoms with E-state index in [0.29, 0.717) is 11.1 Å². The fourth-order valence-corrected chi connectivity index (χ4v) is 4.22. The van der Waals surface area contributed by atoms with E-state index in [9.17, 15) is 29.6 Å². The van der Waals surface area contributed by atoms with E-state index in [1.807, 2.05) is 0 Å². The molecule has 32 heavy (non-hydrogen) atoms. The Labute approximate surface area is 181 Å². The summed E-state index contributed by atoms with van der Waals surface area (Å²) in [6.45, 7) is 1.33. The highest BCUT2D eigenvalue weighted by molar-refractivity contribution is 6.38. The van der Waals surface area contributed by atoms with Crippen LogP contribution in [0.15, 0.2) is 40.7 Å². The third kappa shape index (κ3) is 3.58. The standard InChI is InChI=1S/C20H20N4O8/c1-9(25)16-14-6-12(15-7-13(18(21)26)22-32-15)17(23(14)19(16)27)20(28)31-8-10-2-4-11(5-3-10)24(29)30/h2-5,9,14-16,25H,6-8H2,1H3,(H2,21,26)/t9-,14-,15+,16-/m1/s1. The number of carbonyl (C=O) groups is 3. The lowest BCUT2D eigenvalue weighted by molar-refractivity contribution is -0.384. The summed E-state index contributed by atoms with van der Waals surface area (Å²) in [4.78, 5) is 53.8. The van der Waals surface area contributed by atoms with Crippen LogP contribution >= 0.6 is 0 Å². The molecule has 4 atom stereocenters. The second-order valence-electron chi connectivity index (χ2n) is 7.82. The van der Waals surface area contributed by atoms with Gasteiger partial charge in [0, 0.05) is 24.1 Å². The van der Waals surface area contributed by atoms with Crippen LogP contribution < -0.4 is 5.73 Å². The monoisotopic (exact) mass is 444 g/mol. The molecule has 1 fully saturated rings. The third-order valence-corrected chi connectivity index (χ3v) is 5.82. The van der Waals surface area contributed by atoms with Gasteiger partial charge in [0.25, 0.3) is 11.6 Å². The quantitative estimate of drug-likeness (QED) is 0.258. The Morgan fingerprint density at radius 2 is 2.06 bits per heavy atom. The first-order valence-corrected chi connectivity index (χ1v) is 9.86. The van der Waals surface area contributed by atoms with Crippen molar-refractivity contribution in [1.29, 1.82) is 0 Å². The molecule has 168 valence electrons. The summed E-state index contributed by atoms with van der Waals surface area (Å²) in [5, 5.41) is 24.4. The van der Waals surface area contributed by atoms with E-state index in [1.165, 1.54) is 36.1 Å². The molecule has 1 saturated heterocycles. The number of ether oxygens (including phenoxy) is 1. The number of carbonyl (C=O) groups excluding carboxylic acids is 3. The number of oxime groups is 1. The average Bonchev–Trinajstić information content (AvgIpc) is 3.35. The predicted molar refractivity (Wildman–Crippen MR) is 106 cm³/mol.